The van der Waals surface area contributed by atoms with Crippen LogP contribution in [-0.4, -0.2) is 21.0 Å². The Kier molecular flexibility index (Phi) is 3.66. The number of aryl methyl sites for hydroxylation is 1. The van der Waals surface area contributed by atoms with Gasteiger partial charge in [0.05, 0.1) is 4.88 Å². The molecule has 1 aliphatic carbocycles. The Morgan fingerprint density at radius 2 is 2.10 bits per heavy atom. The van der Waals surface area contributed by atoms with Crippen LogP contribution < -0.4 is 5.32 Å². The monoisotopic (exact) mass is 314 g/mol. The molecule has 2 aromatic rings. The maximum Gasteiger partial charge on any atom is 0.434 e. The lowest BCUT2D eigenvalue weighted by Crippen LogP contribution is -2.18. The van der Waals surface area contributed by atoms with Crippen LogP contribution in [0.2, 0.25) is 0 Å². The van der Waals surface area contributed by atoms with Crippen LogP contribution in [0.15, 0.2) is 12.3 Å². The highest BCUT2D eigenvalue weighted by molar-refractivity contribution is 7.15. The number of hydrogen-bond acceptors (Lipinski definition) is 5. The summed E-state index contributed by atoms with van der Waals surface area (Å²) in [6.07, 6.45) is -0.873. The van der Waals surface area contributed by atoms with Gasteiger partial charge < -0.3 is 5.32 Å². The van der Waals surface area contributed by atoms with Gasteiger partial charge in [-0.2, -0.15) is 13.2 Å². The van der Waals surface area contributed by atoms with Crippen molar-refractivity contribution in [3.63, 3.8) is 0 Å². The molecular formula is C13H13F3N4S. The van der Waals surface area contributed by atoms with Crippen LogP contribution in [0.3, 0.4) is 0 Å². The van der Waals surface area contributed by atoms with Crippen LogP contribution in [0.1, 0.15) is 29.2 Å². The van der Waals surface area contributed by atoms with Crippen LogP contribution >= 0.6 is 11.3 Å². The number of alkyl halides is 3. The fraction of sp³-hybridized carbons (Fsp3) is 0.462. The van der Waals surface area contributed by atoms with Crippen molar-refractivity contribution < 1.29 is 13.2 Å². The van der Waals surface area contributed by atoms with Gasteiger partial charge in [-0.3, -0.25) is 0 Å². The molecule has 0 atom stereocenters. The van der Waals surface area contributed by atoms with Crippen molar-refractivity contribution in [3.05, 3.63) is 28.7 Å². The molecule has 1 aliphatic rings. The molecule has 0 unspecified atom stereocenters. The van der Waals surface area contributed by atoms with E-state index in [1.165, 1.54) is 6.20 Å². The largest absolute Gasteiger partial charge is 0.434 e. The first-order chi connectivity index (χ1) is 9.93. The zero-order chi connectivity index (χ0) is 15.0. The van der Waals surface area contributed by atoms with Crippen molar-refractivity contribution in [2.45, 2.75) is 38.5 Å². The summed E-state index contributed by atoms with van der Waals surface area (Å²) in [5, 5.41) is 3.38. The molecule has 1 N–H and O–H groups in total. The van der Waals surface area contributed by atoms with Gasteiger partial charge in [0.1, 0.15) is 16.5 Å². The Balaban J connectivity index is 1.94. The Hall–Kier alpha value is -1.54. The van der Waals surface area contributed by atoms with Crippen molar-refractivity contribution in [1.29, 1.82) is 0 Å². The second kappa shape index (κ2) is 5.34. The van der Waals surface area contributed by atoms with Crippen LogP contribution in [0.4, 0.5) is 13.2 Å². The highest BCUT2D eigenvalue weighted by atomic mass is 32.1. The van der Waals surface area contributed by atoms with E-state index < -0.39 is 11.9 Å². The van der Waals surface area contributed by atoms with Gasteiger partial charge in [-0.1, -0.05) is 0 Å². The number of nitrogens with one attached hydrogen (secondary N) is 1. The molecular weight excluding hydrogens is 301 g/mol. The van der Waals surface area contributed by atoms with Crippen molar-refractivity contribution in [3.8, 4) is 10.7 Å². The lowest BCUT2D eigenvalue weighted by atomic mass is 10.3. The van der Waals surface area contributed by atoms with Crippen molar-refractivity contribution in [2.75, 3.05) is 0 Å². The van der Waals surface area contributed by atoms with Crippen LogP contribution in [-0.2, 0) is 12.7 Å². The third-order valence-corrected chi connectivity index (χ3v) is 4.17. The minimum absolute atomic E-state index is 0.196. The molecule has 112 valence electrons. The summed E-state index contributed by atoms with van der Waals surface area (Å²) in [5.74, 6) is 0.508. The van der Waals surface area contributed by atoms with Gasteiger partial charge in [0.25, 0.3) is 0 Å². The maximum atomic E-state index is 13.1. The van der Waals surface area contributed by atoms with E-state index in [-0.39, 0.29) is 16.4 Å². The first kappa shape index (κ1) is 14.4. The molecule has 0 bridgehead atoms. The summed E-state index contributed by atoms with van der Waals surface area (Å²) < 4.78 is 39.2. The minimum atomic E-state index is -4.45. The molecule has 0 spiro atoms. The Morgan fingerprint density at radius 1 is 1.33 bits per heavy atom. The van der Waals surface area contributed by atoms with Crippen molar-refractivity contribution in [2.24, 2.45) is 0 Å². The molecule has 0 amide bonds. The molecule has 0 radical (unpaired) electrons. The van der Waals surface area contributed by atoms with E-state index in [9.17, 15) is 13.2 Å². The van der Waals surface area contributed by atoms with Gasteiger partial charge in [-0.25, -0.2) is 15.0 Å². The third kappa shape index (κ3) is 3.38. The number of thiazole rings is 1. The van der Waals surface area contributed by atoms with E-state index in [1.54, 1.807) is 13.0 Å². The Labute approximate surface area is 123 Å². The Bertz CT molecular complexity index is 649. The lowest BCUT2D eigenvalue weighted by molar-refractivity contribution is -0.141. The van der Waals surface area contributed by atoms with Gasteiger partial charge in [0, 0.05) is 18.8 Å². The van der Waals surface area contributed by atoms with Gasteiger partial charge in [-0.05, 0) is 25.8 Å². The molecule has 1 fully saturated rings. The smallest absolute Gasteiger partial charge is 0.309 e. The van der Waals surface area contributed by atoms with Gasteiger partial charge in [0.15, 0.2) is 5.69 Å². The highest BCUT2D eigenvalue weighted by Gasteiger charge is 2.38. The molecule has 8 heteroatoms. The summed E-state index contributed by atoms with van der Waals surface area (Å²) in [4.78, 5) is 12.0. The SMILES string of the molecule is Cc1nccc(-c2nc(C(F)(F)F)c(CNC3CC3)s2)n1. The normalized spacial score (nSPS) is 15.4. The first-order valence-corrected chi connectivity index (χ1v) is 7.35. The van der Waals surface area contributed by atoms with E-state index in [4.69, 9.17) is 0 Å². The second-order valence-electron chi connectivity index (χ2n) is 4.93. The molecule has 0 saturated heterocycles. The Morgan fingerprint density at radius 3 is 2.71 bits per heavy atom. The lowest BCUT2D eigenvalue weighted by Gasteiger charge is -2.06. The standard InChI is InChI=1S/C13H13F3N4S/c1-7-17-5-4-9(19-7)12-20-11(13(14,15)16)10(21-12)6-18-8-2-3-8/h4-5,8,18H,2-3,6H2,1H3. The average molecular weight is 314 g/mol. The summed E-state index contributed by atoms with van der Waals surface area (Å²) in [6.45, 7) is 1.89. The fourth-order valence-electron chi connectivity index (χ4n) is 1.90. The summed E-state index contributed by atoms with van der Waals surface area (Å²) in [6, 6.07) is 1.92. The van der Waals surface area contributed by atoms with Crippen LogP contribution in [0, 0.1) is 6.92 Å². The molecule has 0 aliphatic heterocycles. The molecule has 1 saturated carbocycles. The minimum Gasteiger partial charge on any atom is -0.309 e. The van der Waals surface area contributed by atoms with Crippen molar-refractivity contribution >= 4 is 11.3 Å². The van der Waals surface area contributed by atoms with Gasteiger partial charge in [-0.15, -0.1) is 11.3 Å². The zero-order valence-corrected chi connectivity index (χ0v) is 12.1. The van der Waals surface area contributed by atoms with E-state index in [2.05, 4.69) is 20.3 Å². The molecule has 3 rings (SSSR count). The number of rotatable bonds is 4. The zero-order valence-electron chi connectivity index (χ0n) is 11.2. The molecule has 0 aromatic carbocycles. The number of nitrogens with zero attached hydrogens (tertiary/aromatic N) is 3. The topological polar surface area (TPSA) is 50.7 Å². The quantitative estimate of drug-likeness (QED) is 0.942. The third-order valence-electron chi connectivity index (χ3n) is 3.09. The average Bonchev–Trinajstić information content (AvgIpc) is 3.13. The van der Waals surface area contributed by atoms with Crippen molar-refractivity contribution in [1.82, 2.24) is 20.3 Å². The number of aromatic nitrogens is 3. The summed E-state index contributed by atoms with van der Waals surface area (Å²) in [7, 11) is 0. The maximum absolute atomic E-state index is 13.1. The van der Waals surface area contributed by atoms with E-state index in [0.717, 1.165) is 24.2 Å². The van der Waals surface area contributed by atoms with Crippen LogP contribution in [0.25, 0.3) is 10.7 Å². The predicted molar refractivity (Wildman–Crippen MR) is 72.7 cm³/mol. The van der Waals surface area contributed by atoms with E-state index >= 15 is 0 Å². The highest BCUT2D eigenvalue weighted by Crippen LogP contribution is 2.37. The first-order valence-electron chi connectivity index (χ1n) is 6.54. The molecule has 21 heavy (non-hydrogen) atoms. The number of hydrogen-bond donors (Lipinski definition) is 1. The molecule has 4 nitrogen and oxygen atoms in total. The summed E-state index contributed by atoms with van der Waals surface area (Å²) >= 11 is 1.03. The fourth-order valence-corrected chi connectivity index (χ4v) is 2.90. The van der Waals surface area contributed by atoms with E-state index in [0.29, 0.717) is 17.6 Å². The molecule has 2 heterocycles. The van der Waals surface area contributed by atoms with E-state index in [1.807, 2.05) is 0 Å². The summed E-state index contributed by atoms with van der Waals surface area (Å²) in [5.41, 5.74) is -0.386. The van der Waals surface area contributed by atoms with Crippen LogP contribution in [0.5, 0.6) is 0 Å². The van der Waals surface area contributed by atoms with Gasteiger partial charge >= 0.3 is 6.18 Å². The number of halogens is 3. The second-order valence-corrected chi connectivity index (χ2v) is 6.02. The molecule has 2 aromatic heterocycles. The van der Waals surface area contributed by atoms with Gasteiger partial charge in [0.2, 0.25) is 0 Å². The predicted octanol–water partition coefficient (Wildman–Crippen LogP) is 3.18.